The summed E-state index contributed by atoms with van der Waals surface area (Å²) in [4.78, 5) is 9.92. The Morgan fingerprint density at radius 1 is 1.45 bits per heavy atom. The predicted molar refractivity (Wildman–Crippen MR) is 46.2 cm³/mol. The van der Waals surface area contributed by atoms with Crippen molar-refractivity contribution >= 4 is 5.91 Å². The van der Waals surface area contributed by atoms with Crippen molar-refractivity contribution in [2.24, 2.45) is 11.7 Å². The number of hydrogen-bond acceptors (Lipinski definition) is 2. The molecule has 0 spiro atoms. The number of amides is 1. The predicted octanol–water partition coefficient (Wildman–Crippen LogP) is 1.17. The van der Waals surface area contributed by atoms with Crippen LogP contribution in [-0.2, 0) is 9.53 Å². The maximum absolute atomic E-state index is 9.92. The monoisotopic (exact) mass is 161 g/mol. The lowest BCUT2D eigenvalue weighted by Crippen LogP contribution is -2.17. The van der Waals surface area contributed by atoms with Crippen molar-refractivity contribution in [3.8, 4) is 0 Å². The number of rotatable bonds is 1. The Morgan fingerprint density at radius 2 is 1.82 bits per heavy atom. The summed E-state index contributed by atoms with van der Waals surface area (Å²) in [5.41, 5.74) is 4.80. The molecule has 1 heterocycles. The fourth-order valence-corrected chi connectivity index (χ4v) is 0.510. The van der Waals surface area contributed by atoms with Gasteiger partial charge in [-0.05, 0) is 12.8 Å². The standard InChI is InChI=1S/C4H9NO.C4H8O.H2/c1-3(2)4(5)6;1-2-4-5-3-1;/h3H,1-2H3,(H2,5,6);1-4H2;1H. The molecule has 0 aromatic heterocycles. The van der Waals surface area contributed by atoms with Crippen molar-refractivity contribution in [3.05, 3.63) is 0 Å². The molecule has 1 saturated heterocycles. The van der Waals surface area contributed by atoms with Crippen LogP contribution in [0.1, 0.15) is 28.1 Å². The Kier molecular flexibility index (Phi) is 5.84. The Morgan fingerprint density at radius 3 is 1.91 bits per heavy atom. The average Bonchev–Trinajstić information content (AvgIpc) is 2.41. The Labute approximate surface area is 69.4 Å². The molecule has 1 rings (SSSR count). The molecule has 68 valence electrons. The second kappa shape index (κ2) is 6.16. The average molecular weight is 161 g/mol. The van der Waals surface area contributed by atoms with Gasteiger partial charge in [-0.25, -0.2) is 0 Å². The van der Waals surface area contributed by atoms with Crippen LogP contribution in [0, 0.1) is 5.92 Å². The summed E-state index contributed by atoms with van der Waals surface area (Å²) in [6.07, 6.45) is 2.56. The van der Waals surface area contributed by atoms with E-state index in [0.717, 1.165) is 13.2 Å². The molecule has 0 aliphatic carbocycles. The SMILES string of the molecule is C1CCOC1.CC(C)C(N)=O.[HH]. The molecule has 3 heteroatoms. The minimum Gasteiger partial charge on any atom is -0.381 e. The fraction of sp³-hybridized carbons (Fsp3) is 0.875. The topological polar surface area (TPSA) is 52.3 Å². The quantitative estimate of drug-likeness (QED) is 0.627. The highest BCUT2D eigenvalue weighted by Gasteiger charge is 1.96. The molecule has 0 aromatic carbocycles. The van der Waals surface area contributed by atoms with Gasteiger partial charge in [0.1, 0.15) is 0 Å². The first-order valence-corrected chi connectivity index (χ1v) is 4.01. The number of ether oxygens (including phenoxy) is 1. The van der Waals surface area contributed by atoms with Crippen molar-refractivity contribution in [1.82, 2.24) is 0 Å². The lowest BCUT2D eigenvalue weighted by molar-refractivity contribution is -0.120. The van der Waals surface area contributed by atoms with Crippen LogP contribution < -0.4 is 5.73 Å². The second-order valence-corrected chi connectivity index (χ2v) is 2.88. The third-order valence-corrected chi connectivity index (χ3v) is 1.40. The van der Waals surface area contributed by atoms with Crippen LogP contribution in [-0.4, -0.2) is 19.1 Å². The van der Waals surface area contributed by atoms with E-state index in [4.69, 9.17) is 10.5 Å². The first kappa shape index (κ1) is 10.4. The van der Waals surface area contributed by atoms with E-state index in [-0.39, 0.29) is 13.3 Å². The largest absolute Gasteiger partial charge is 0.381 e. The molecule has 1 aliphatic heterocycles. The number of hydrogen-bond donors (Lipinski definition) is 1. The molecule has 1 aliphatic rings. The zero-order valence-electron chi connectivity index (χ0n) is 7.30. The number of carbonyl (C=O) groups is 1. The number of carbonyl (C=O) groups excluding carboxylic acids is 1. The summed E-state index contributed by atoms with van der Waals surface area (Å²) < 4.78 is 4.94. The van der Waals surface area contributed by atoms with Crippen LogP contribution in [0.25, 0.3) is 0 Å². The van der Waals surface area contributed by atoms with Crippen LogP contribution >= 0.6 is 0 Å². The summed E-state index contributed by atoms with van der Waals surface area (Å²) in [6, 6.07) is 0. The molecule has 0 atom stereocenters. The first-order valence-electron chi connectivity index (χ1n) is 4.01. The number of primary amides is 1. The maximum atomic E-state index is 9.92. The molecule has 2 N–H and O–H groups in total. The molecule has 0 unspecified atom stereocenters. The number of nitrogens with two attached hydrogens (primary N) is 1. The van der Waals surface area contributed by atoms with Gasteiger partial charge in [0.05, 0.1) is 0 Å². The van der Waals surface area contributed by atoms with Gasteiger partial charge < -0.3 is 10.5 Å². The minimum absolute atomic E-state index is 0. The van der Waals surface area contributed by atoms with Gasteiger partial charge in [0.15, 0.2) is 0 Å². The van der Waals surface area contributed by atoms with Crippen molar-refractivity contribution in [1.29, 1.82) is 0 Å². The summed E-state index contributed by atoms with van der Waals surface area (Å²) >= 11 is 0. The van der Waals surface area contributed by atoms with Gasteiger partial charge in [-0.3, -0.25) is 4.79 Å². The normalized spacial score (nSPS) is 15.9. The fourth-order valence-electron chi connectivity index (χ4n) is 0.510. The summed E-state index contributed by atoms with van der Waals surface area (Å²) in [5.74, 6) is -0.250. The van der Waals surface area contributed by atoms with Crippen LogP contribution in [0.5, 0.6) is 0 Å². The third kappa shape index (κ3) is 7.33. The highest BCUT2D eigenvalue weighted by atomic mass is 16.5. The van der Waals surface area contributed by atoms with Crippen LogP contribution in [0.3, 0.4) is 0 Å². The van der Waals surface area contributed by atoms with Gasteiger partial charge in [0.25, 0.3) is 0 Å². The maximum Gasteiger partial charge on any atom is 0.219 e. The third-order valence-electron chi connectivity index (χ3n) is 1.40. The molecule has 0 bridgehead atoms. The van der Waals surface area contributed by atoms with Crippen LogP contribution in [0.15, 0.2) is 0 Å². The van der Waals surface area contributed by atoms with E-state index in [1.54, 1.807) is 13.8 Å². The van der Waals surface area contributed by atoms with Gasteiger partial charge >= 0.3 is 0 Å². The minimum atomic E-state index is -0.241. The van der Waals surface area contributed by atoms with Crippen molar-refractivity contribution in [2.45, 2.75) is 26.7 Å². The van der Waals surface area contributed by atoms with E-state index in [0.29, 0.717) is 0 Å². The van der Waals surface area contributed by atoms with Crippen molar-refractivity contribution in [3.63, 3.8) is 0 Å². The lowest BCUT2D eigenvalue weighted by atomic mass is 10.2. The second-order valence-electron chi connectivity index (χ2n) is 2.88. The highest BCUT2D eigenvalue weighted by Crippen LogP contribution is 1.98. The van der Waals surface area contributed by atoms with Gasteiger partial charge in [-0.15, -0.1) is 0 Å². The molecule has 1 amide bonds. The van der Waals surface area contributed by atoms with E-state index in [1.807, 2.05) is 0 Å². The summed E-state index contributed by atoms with van der Waals surface area (Å²) in [5, 5.41) is 0. The van der Waals surface area contributed by atoms with Crippen LogP contribution in [0.2, 0.25) is 0 Å². The van der Waals surface area contributed by atoms with E-state index in [1.165, 1.54) is 12.8 Å². The van der Waals surface area contributed by atoms with E-state index in [9.17, 15) is 4.79 Å². The van der Waals surface area contributed by atoms with Gasteiger partial charge in [0, 0.05) is 20.6 Å². The highest BCUT2D eigenvalue weighted by molar-refractivity contribution is 5.75. The van der Waals surface area contributed by atoms with E-state index < -0.39 is 0 Å². The first-order chi connectivity index (χ1) is 5.14. The zero-order valence-corrected chi connectivity index (χ0v) is 7.30. The van der Waals surface area contributed by atoms with Gasteiger partial charge in [-0.2, -0.15) is 0 Å². The van der Waals surface area contributed by atoms with Crippen molar-refractivity contribution in [2.75, 3.05) is 13.2 Å². The van der Waals surface area contributed by atoms with Gasteiger partial charge in [-0.1, -0.05) is 13.8 Å². The van der Waals surface area contributed by atoms with Crippen molar-refractivity contribution < 1.29 is 11.0 Å². The molecular weight excluding hydrogens is 142 g/mol. The van der Waals surface area contributed by atoms with Crippen LogP contribution in [0.4, 0.5) is 0 Å². The molecule has 0 radical (unpaired) electrons. The zero-order chi connectivity index (χ0) is 8.69. The summed E-state index contributed by atoms with van der Waals surface area (Å²) in [6.45, 7) is 5.53. The Balaban J connectivity index is 0. The molecular formula is C8H19NO2. The molecule has 11 heavy (non-hydrogen) atoms. The lowest BCUT2D eigenvalue weighted by Gasteiger charge is -1.90. The Hall–Kier alpha value is -0.570. The smallest absolute Gasteiger partial charge is 0.219 e. The molecule has 3 nitrogen and oxygen atoms in total. The Bertz CT molecular complexity index is 106. The molecule has 0 aromatic rings. The molecule has 0 saturated carbocycles. The summed E-state index contributed by atoms with van der Waals surface area (Å²) in [7, 11) is 0. The van der Waals surface area contributed by atoms with Gasteiger partial charge in [0.2, 0.25) is 5.91 Å². The molecule has 1 fully saturated rings. The van der Waals surface area contributed by atoms with E-state index in [2.05, 4.69) is 0 Å². The van der Waals surface area contributed by atoms with E-state index >= 15 is 0 Å².